The highest BCUT2D eigenvalue weighted by Crippen LogP contribution is 2.34. The Morgan fingerprint density at radius 1 is 1.20 bits per heavy atom. The Kier molecular flexibility index (Phi) is 4.07. The van der Waals surface area contributed by atoms with E-state index in [2.05, 4.69) is 10.6 Å². The largest absolute Gasteiger partial charge is 0.481 e. The zero-order valence-electron chi connectivity index (χ0n) is 12.4. The van der Waals surface area contributed by atoms with Crippen molar-refractivity contribution in [3.63, 3.8) is 0 Å². The predicted molar refractivity (Wildman–Crippen MR) is 79.9 cm³/mol. The van der Waals surface area contributed by atoms with E-state index in [4.69, 9.17) is 4.74 Å². The van der Waals surface area contributed by atoms with Crippen molar-refractivity contribution in [1.29, 1.82) is 0 Å². The second-order valence-electron chi connectivity index (χ2n) is 5.17. The van der Waals surface area contributed by atoms with Crippen molar-refractivity contribution < 1.29 is 31.9 Å². The molecule has 2 aromatic carbocycles. The maximum Gasteiger partial charge on any atom is 0.419 e. The number of hydrogen-bond acceptors (Lipinski definition) is 3. The summed E-state index contributed by atoms with van der Waals surface area (Å²) in [6, 6.07) is 6.53. The topological polar surface area (TPSA) is 67.4 Å². The molecule has 0 aromatic heterocycles. The predicted octanol–water partition coefficient (Wildman–Crippen LogP) is 3.43. The van der Waals surface area contributed by atoms with E-state index in [1.165, 1.54) is 18.2 Å². The van der Waals surface area contributed by atoms with Crippen molar-refractivity contribution in [2.24, 2.45) is 0 Å². The van der Waals surface area contributed by atoms with Gasteiger partial charge in [-0.05, 0) is 30.3 Å². The normalized spacial score (nSPS) is 13.5. The molecule has 25 heavy (non-hydrogen) atoms. The molecule has 2 aromatic rings. The average Bonchev–Trinajstić information content (AvgIpc) is 2.54. The molecule has 0 spiro atoms. The third-order valence-electron chi connectivity index (χ3n) is 3.41. The summed E-state index contributed by atoms with van der Waals surface area (Å²) < 4.78 is 56.7. The smallest absolute Gasteiger partial charge is 0.419 e. The first-order valence-corrected chi connectivity index (χ1v) is 6.99. The number of benzene rings is 2. The van der Waals surface area contributed by atoms with Crippen LogP contribution in [0, 0.1) is 5.82 Å². The van der Waals surface area contributed by atoms with Gasteiger partial charge in [-0.25, -0.2) is 4.39 Å². The van der Waals surface area contributed by atoms with Crippen LogP contribution in [0.4, 0.5) is 28.9 Å². The highest BCUT2D eigenvalue weighted by molar-refractivity contribution is 6.09. The first kappa shape index (κ1) is 16.7. The lowest BCUT2D eigenvalue weighted by atomic mass is 10.1. The Morgan fingerprint density at radius 2 is 1.96 bits per heavy atom. The fourth-order valence-electron chi connectivity index (χ4n) is 2.31. The number of halogens is 4. The third-order valence-corrected chi connectivity index (χ3v) is 3.41. The van der Waals surface area contributed by atoms with Gasteiger partial charge in [0.2, 0.25) is 0 Å². The fourth-order valence-corrected chi connectivity index (χ4v) is 2.31. The van der Waals surface area contributed by atoms with Crippen LogP contribution in [0.15, 0.2) is 36.4 Å². The number of nitrogens with one attached hydrogen (secondary N) is 2. The summed E-state index contributed by atoms with van der Waals surface area (Å²) in [5, 5.41) is 4.77. The van der Waals surface area contributed by atoms with Crippen LogP contribution in [-0.4, -0.2) is 18.4 Å². The minimum atomic E-state index is -4.88. The van der Waals surface area contributed by atoms with E-state index >= 15 is 0 Å². The quantitative estimate of drug-likeness (QED) is 0.812. The Hall–Kier alpha value is -3.10. The van der Waals surface area contributed by atoms with Crippen LogP contribution in [0.5, 0.6) is 5.75 Å². The molecule has 2 N–H and O–H groups in total. The van der Waals surface area contributed by atoms with E-state index in [0.29, 0.717) is 12.1 Å². The molecule has 0 saturated heterocycles. The van der Waals surface area contributed by atoms with Crippen LogP contribution in [0.3, 0.4) is 0 Å². The molecule has 3 rings (SSSR count). The molecule has 0 atom stereocenters. The highest BCUT2D eigenvalue weighted by Gasteiger charge is 2.34. The molecule has 0 radical (unpaired) electrons. The van der Waals surface area contributed by atoms with E-state index < -0.39 is 29.4 Å². The number of hydrogen-bond donors (Lipinski definition) is 2. The molecular formula is C16H10F4N2O3. The molecular weight excluding hydrogens is 344 g/mol. The average molecular weight is 354 g/mol. The maximum absolute atomic E-state index is 13.3. The van der Waals surface area contributed by atoms with E-state index in [0.717, 1.165) is 6.07 Å². The SMILES string of the molecule is O=C1COc2c(cccc2C(=O)Nc2ccc(F)c(C(F)(F)F)c2)N1. The molecule has 0 fully saturated rings. The molecule has 9 heteroatoms. The summed E-state index contributed by atoms with van der Waals surface area (Å²) in [6.07, 6.45) is -4.88. The standard InChI is InChI=1S/C16H10F4N2O3/c17-11-5-4-8(6-10(11)16(18,19)20)21-15(24)9-2-1-3-12-14(9)25-7-13(23)22-12/h1-6H,7H2,(H,21,24)(H,22,23). The molecule has 0 aliphatic carbocycles. The summed E-state index contributed by atoms with van der Waals surface area (Å²) in [5.74, 6) is -2.47. The van der Waals surface area contributed by atoms with Gasteiger partial charge in [-0.2, -0.15) is 13.2 Å². The van der Waals surface area contributed by atoms with Crippen molar-refractivity contribution in [3.8, 4) is 5.75 Å². The molecule has 0 bridgehead atoms. The van der Waals surface area contributed by atoms with Crippen molar-refractivity contribution in [2.45, 2.75) is 6.18 Å². The Bertz CT molecular complexity index is 865. The van der Waals surface area contributed by atoms with Gasteiger partial charge in [-0.1, -0.05) is 6.07 Å². The minimum absolute atomic E-state index is 0.0235. The minimum Gasteiger partial charge on any atom is -0.481 e. The summed E-state index contributed by atoms with van der Waals surface area (Å²) in [6.45, 7) is -0.286. The Morgan fingerprint density at radius 3 is 2.68 bits per heavy atom. The van der Waals surface area contributed by atoms with Crippen LogP contribution >= 0.6 is 0 Å². The lowest BCUT2D eigenvalue weighted by Crippen LogP contribution is -2.27. The van der Waals surface area contributed by atoms with Gasteiger partial charge in [0.15, 0.2) is 12.4 Å². The fraction of sp³-hybridized carbons (Fsp3) is 0.125. The second kappa shape index (κ2) is 6.08. The molecule has 0 unspecified atom stereocenters. The van der Waals surface area contributed by atoms with Crippen molar-refractivity contribution in [1.82, 2.24) is 0 Å². The van der Waals surface area contributed by atoms with Crippen LogP contribution in [0.1, 0.15) is 15.9 Å². The number of carbonyl (C=O) groups excluding carboxylic acids is 2. The van der Waals surface area contributed by atoms with E-state index in [9.17, 15) is 27.2 Å². The van der Waals surface area contributed by atoms with Crippen LogP contribution in [0.25, 0.3) is 0 Å². The molecule has 0 saturated carbocycles. The van der Waals surface area contributed by atoms with Gasteiger partial charge >= 0.3 is 6.18 Å². The van der Waals surface area contributed by atoms with E-state index in [-0.39, 0.29) is 29.3 Å². The molecule has 2 amide bonds. The molecule has 5 nitrogen and oxygen atoms in total. The first-order chi connectivity index (χ1) is 11.8. The number of alkyl halides is 3. The van der Waals surface area contributed by atoms with Gasteiger partial charge < -0.3 is 15.4 Å². The van der Waals surface area contributed by atoms with Gasteiger partial charge in [0.05, 0.1) is 16.8 Å². The Labute approximate surface area is 138 Å². The lowest BCUT2D eigenvalue weighted by molar-refractivity contribution is -0.139. The number of rotatable bonds is 2. The van der Waals surface area contributed by atoms with Crippen LogP contribution in [0.2, 0.25) is 0 Å². The molecule has 1 heterocycles. The zero-order valence-corrected chi connectivity index (χ0v) is 12.4. The van der Waals surface area contributed by atoms with E-state index in [1.54, 1.807) is 0 Å². The van der Waals surface area contributed by atoms with Crippen LogP contribution in [-0.2, 0) is 11.0 Å². The van der Waals surface area contributed by atoms with Crippen molar-refractivity contribution in [2.75, 3.05) is 17.2 Å². The van der Waals surface area contributed by atoms with E-state index in [1.807, 2.05) is 0 Å². The number of amides is 2. The van der Waals surface area contributed by atoms with Gasteiger partial charge in [0, 0.05) is 5.69 Å². The molecule has 1 aliphatic rings. The number of fused-ring (bicyclic) bond motifs is 1. The summed E-state index contributed by atoms with van der Waals surface area (Å²) >= 11 is 0. The second-order valence-corrected chi connectivity index (χ2v) is 5.17. The Balaban J connectivity index is 1.89. The maximum atomic E-state index is 13.3. The number of ether oxygens (including phenoxy) is 1. The lowest BCUT2D eigenvalue weighted by Gasteiger charge is -2.20. The number of anilines is 2. The molecule has 1 aliphatic heterocycles. The number of para-hydroxylation sites is 1. The van der Waals surface area contributed by atoms with Gasteiger partial charge in [-0.15, -0.1) is 0 Å². The van der Waals surface area contributed by atoms with Crippen LogP contribution < -0.4 is 15.4 Å². The third kappa shape index (κ3) is 3.39. The number of carbonyl (C=O) groups is 2. The van der Waals surface area contributed by atoms with Crippen molar-refractivity contribution >= 4 is 23.2 Å². The monoisotopic (exact) mass is 354 g/mol. The first-order valence-electron chi connectivity index (χ1n) is 6.99. The summed E-state index contributed by atoms with van der Waals surface area (Å²) in [5.41, 5.74) is -1.41. The van der Waals surface area contributed by atoms with Gasteiger partial charge in [0.25, 0.3) is 11.8 Å². The highest BCUT2D eigenvalue weighted by atomic mass is 19.4. The zero-order chi connectivity index (χ0) is 18.2. The van der Waals surface area contributed by atoms with Crippen molar-refractivity contribution in [3.05, 3.63) is 53.3 Å². The molecule has 130 valence electrons. The summed E-state index contributed by atoms with van der Waals surface area (Å²) in [7, 11) is 0. The van der Waals surface area contributed by atoms with Gasteiger partial charge in [-0.3, -0.25) is 9.59 Å². The van der Waals surface area contributed by atoms with Gasteiger partial charge in [0.1, 0.15) is 5.82 Å². The summed E-state index contributed by atoms with van der Waals surface area (Å²) in [4.78, 5) is 23.6.